The van der Waals surface area contributed by atoms with Gasteiger partial charge in [0.2, 0.25) is 0 Å². The normalized spacial score (nSPS) is 9.75. The van der Waals surface area contributed by atoms with Gasteiger partial charge in [-0.25, -0.2) is 4.79 Å². The first-order valence-electron chi connectivity index (χ1n) is 3.45. The minimum atomic E-state index is -1.03. The van der Waals surface area contributed by atoms with Crippen LogP contribution < -0.4 is 5.32 Å². The molecule has 2 N–H and O–H groups in total. The number of alkyl halides is 1. The highest BCUT2D eigenvalue weighted by Crippen LogP contribution is 1.82. The first-order chi connectivity index (χ1) is 5.77. The molecule has 0 aliphatic carbocycles. The summed E-state index contributed by atoms with van der Waals surface area (Å²) in [4.78, 5) is 9.94. The number of carboxylic acid groups (broad SMARTS) is 1. The maximum atomic E-state index is 9.94. The van der Waals surface area contributed by atoms with Crippen molar-refractivity contribution in [2.24, 2.45) is 0 Å². The minimum absolute atomic E-state index is 0.309. The molecule has 0 aliphatic heterocycles. The van der Waals surface area contributed by atoms with E-state index in [4.69, 9.17) is 14.6 Å². The van der Waals surface area contributed by atoms with Gasteiger partial charge in [-0.05, 0) is 0 Å². The van der Waals surface area contributed by atoms with E-state index in [-0.39, 0.29) is 0 Å². The van der Waals surface area contributed by atoms with Crippen molar-refractivity contribution in [2.45, 2.75) is 0 Å². The lowest BCUT2D eigenvalue weighted by Crippen LogP contribution is -2.25. The first-order valence-corrected chi connectivity index (χ1v) is 4.57. The van der Waals surface area contributed by atoms with Crippen molar-refractivity contribution in [3.63, 3.8) is 0 Å². The summed E-state index contributed by atoms with van der Waals surface area (Å²) >= 11 is 3.08. The van der Waals surface area contributed by atoms with Gasteiger partial charge < -0.3 is 19.9 Å². The van der Waals surface area contributed by atoms with Gasteiger partial charge in [0.1, 0.15) is 5.52 Å². The molecule has 12 heavy (non-hydrogen) atoms. The van der Waals surface area contributed by atoms with E-state index in [9.17, 15) is 4.79 Å². The first kappa shape index (κ1) is 11.7. The van der Waals surface area contributed by atoms with Gasteiger partial charge in [-0.2, -0.15) is 0 Å². The van der Waals surface area contributed by atoms with E-state index < -0.39 is 6.09 Å². The average Bonchev–Trinajstić information content (AvgIpc) is 2.02. The van der Waals surface area contributed by atoms with E-state index in [1.165, 1.54) is 0 Å². The van der Waals surface area contributed by atoms with E-state index in [1.807, 2.05) is 0 Å². The number of ether oxygens (including phenoxy) is 2. The highest BCUT2D eigenvalue weighted by molar-refractivity contribution is 9.09. The van der Waals surface area contributed by atoms with Gasteiger partial charge in [0.25, 0.3) is 0 Å². The fourth-order valence-electron chi connectivity index (χ4n) is 0.505. The zero-order valence-electron chi connectivity index (χ0n) is 6.59. The molecule has 0 spiro atoms. The van der Waals surface area contributed by atoms with Gasteiger partial charge >= 0.3 is 6.09 Å². The summed E-state index contributed by atoms with van der Waals surface area (Å²) in [5.41, 5.74) is 0.490. The fraction of sp³-hybridized carbons (Fsp3) is 0.833. The monoisotopic (exact) mass is 241 g/mol. The summed E-state index contributed by atoms with van der Waals surface area (Å²) in [6.07, 6.45) is -1.03. The molecule has 0 aliphatic rings. The number of hydrogen-bond acceptors (Lipinski definition) is 3. The summed E-state index contributed by atoms with van der Waals surface area (Å²) in [6.45, 7) is 1.67. The number of hydrogen-bond donors (Lipinski definition) is 2. The Kier molecular flexibility index (Phi) is 8.52. The van der Waals surface area contributed by atoms with Crippen LogP contribution in [0.2, 0.25) is 0 Å². The average molecular weight is 242 g/mol. The molecule has 72 valence electrons. The lowest BCUT2D eigenvalue weighted by Gasteiger charge is -2.03. The van der Waals surface area contributed by atoms with Crippen LogP contribution in [0.15, 0.2) is 0 Å². The topological polar surface area (TPSA) is 67.8 Å². The standard InChI is InChI=1S/C6H12BrNO4/c7-5-12-4-3-11-2-1-8-6(9)10/h8H,1-5H2,(H,9,10). The third kappa shape index (κ3) is 9.67. The maximum Gasteiger partial charge on any atom is 0.404 e. The van der Waals surface area contributed by atoms with Gasteiger partial charge in [0, 0.05) is 6.54 Å². The second kappa shape index (κ2) is 8.76. The molecule has 5 nitrogen and oxygen atoms in total. The van der Waals surface area contributed by atoms with Crippen molar-refractivity contribution in [2.75, 3.05) is 31.9 Å². The van der Waals surface area contributed by atoms with Gasteiger partial charge in [-0.1, -0.05) is 15.9 Å². The number of halogens is 1. The highest BCUT2D eigenvalue weighted by atomic mass is 79.9. The molecular formula is C6H12BrNO4. The predicted molar refractivity (Wildman–Crippen MR) is 46.6 cm³/mol. The molecule has 0 aromatic rings. The zero-order chi connectivity index (χ0) is 9.23. The van der Waals surface area contributed by atoms with Gasteiger partial charge in [-0.15, -0.1) is 0 Å². The Morgan fingerprint density at radius 3 is 2.58 bits per heavy atom. The molecule has 0 heterocycles. The van der Waals surface area contributed by atoms with Crippen LogP contribution in [-0.2, 0) is 9.47 Å². The molecule has 6 heteroatoms. The van der Waals surface area contributed by atoms with Crippen LogP contribution in [0, 0.1) is 0 Å². The summed E-state index contributed by atoms with van der Waals surface area (Å²) in [6, 6.07) is 0. The van der Waals surface area contributed by atoms with Crippen molar-refractivity contribution >= 4 is 22.0 Å². The second-order valence-corrected chi connectivity index (χ2v) is 2.32. The summed E-state index contributed by atoms with van der Waals surface area (Å²) in [5, 5.41) is 10.3. The molecular weight excluding hydrogens is 230 g/mol. The van der Waals surface area contributed by atoms with Crippen molar-refractivity contribution in [3.8, 4) is 0 Å². The highest BCUT2D eigenvalue weighted by Gasteiger charge is 1.92. The quantitative estimate of drug-likeness (QED) is 0.507. The van der Waals surface area contributed by atoms with Gasteiger partial charge in [0.15, 0.2) is 0 Å². The van der Waals surface area contributed by atoms with Crippen LogP contribution >= 0.6 is 15.9 Å². The Morgan fingerprint density at radius 2 is 2.00 bits per heavy atom. The van der Waals surface area contributed by atoms with E-state index in [2.05, 4.69) is 21.2 Å². The van der Waals surface area contributed by atoms with Gasteiger partial charge in [-0.3, -0.25) is 0 Å². The maximum absolute atomic E-state index is 9.94. The van der Waals surface area contributed by atoms with Crippen molar-refractivity contribution in [1.29, 1.82) is 0 Å². The Morgan fingerprint density at radius 1 is 1.33 bits per heavy atom. The van der Waals surface area contributed by atoms with Crippen LogP contribution in [0.4, 0.5) is 4.79 Å². The summed E-state index contributed by atoms with van der Waals surface area (Å²) in [5.74, 6) is 0. The molecule has 0 aromatic carbocycles. The van der Waals surface area contributed by atoms with Crippen molar-refractivity contribution in [3.05, 3.63) is 0 Å². The lowest BCUT2D eigenvalue weighted by molar-refractivity contribution is 0.0678. The SMILES string of the molecule is O=C(O)NCCOCCOCBr. The van der Waals surface area contributed by atoms with E-state index in [0.29, 0.717) is 31.9 Å². The van der Waals surface area contributed by atoms with Crippen molar-refractivity contribution < 1.29 is 19.4 Å². The molecule has 0 atom stereocenters. The van der Waals surface area contributed by atoms with Crippen LogP contribution in [0.25, 0.3) is 0 Å². The number of nitrogens with one attached hydrogen (secondary N) is 1. The molecule has 0 bridgehead atoms. The van der Waals surface area contributed by atoms with Crippen LogP contribution in [-0.4, -0.2) is 43.1 Å². The smallest absolute Gasteiger partial charge is 0.404 e. The third-order valence-electron chi connectivity index (χ3n) is 0.972. The molecule has 0 fully saturated rings. The number of amides is 1. The predicted octanol–water partition coefficient (Wildman–Crippen LogP) is 0.640. The summed E-state index contributed by atoms with van der Waals surface area (Å²) < 4.78 is 9.93. The Labute approximate surface area is 79.2 Å². The molecule has 0 saturated heterocycles. The van der Waals surface area contributed by atoms with Crippen LogP contribution in [0.1, 0.15) is 0 Å². The number of rotatable bonds is 7. The molecule has 0 aromatic heterocycles. The summed E-state index contributed by atoms with van der Waals surface area (Å²) in [7, 11) is 0. The Bertz CT molecular complexity index is 122. The molecule has 0 radical (unpaired) electrons. The lowest BCUT2D eigenvalue weighted by atomic mass is 10.7. The molecule has 0 unspecified atom stereocenters. The van der Waals surface area contributed by atoms with Crippen LogP contribution in [0.3, 0.4) is 0 Å². The molecule has 0 rings (SSSR count). The van der Waals surface area contributed by atoms with E-state index in [0.717, 1.165) is 0 Å². The third-order valence-corrected chi connectivity index (χ3v) is 1.30. The molecule has 1 amide bonds. The van der Waals surface area contributed by atoms with Crippen LogP contribution in [0.5, 0.6) is 0 Å². The van der Waals surface area contributed by atoms with Gasteiger partial charge in [0.05, 0.1) is 19.8 Å². The Hall–Kier alpha value is -0.330. The fourth-order valence-corrected chi connectivity index (χ4v) is 0.734. The van der Waals surface area contributed by atoms with E-state index in [1.54, 1.807) is 0 Å². The second-order valence-electron chi connectivity index (χ2n) is 1.86. The molecule has 0 saturated carbocycles. The number of carbonyl (C=O) groups is 1. The van der Waals surface area contributed by atoms with Crippen molar-refractivity contribution in [1.82, 2.24) is 5.32 Å². The zero-order valence-corrected chi connectivity index (χ0v) is 8.17. The minimum Gasteiger partial charge on any atom is -0.465 e. The Balaban J connectivity index is 2.86. The van der Waals surface area contributed by atoms with E-state index >= 15 is 0 Å². The largest absolute Gasteiger partial charge is 0.465 e.